The van der Waals surface area contributed by atoms with Crippen LogP contribution in [-0.2, 0) is 9.53 Å². The van der Waals surface area contributed by atoms with Crippen LogP contribution in [0, 0.1) is 0 Å². The van der Waals surface area contributed by atoms with Gasteiger partial charge >= 0.3 is 5.97 Å². The van der Waals surface area contributed by atoms with Crippen molar-refractivity contribution in [3.05, 3.63) is 22.8 Å². The molecule has 1 atom stereocenters. The van der Waals surface area contributed by atoms with Crippen molar-refractivity contribution in [2.24, 2.45) is 0 Å². The van der Waals surface area contributed by atoms with Crippen molar-refractivity contribution in [2.75, 3.05) is 13.7 Å². The lowest BCUT2D eigenvalue weighted by Crippen LogP contribution is -2.52. The monoisotopic (exact) mass is 314 g/mol. The summed E-state index contributed by atoms with van der Waals surface area (Å²) < 4.78 is 9.94. The van der Waals surface area contributed by atoms with Crippen molar-refractivity contribution in [1.82, 2.24) is 10.3 Å². The molecular weight excluding hydrogens is 296 g/mol. The molecule has 1 aromatic rings. The number of methoxy groups -OCH3 is 1. The van der Waals surface area contributed by atoms with Crippen LogP contribution < -0.4 is 10.1 Å². The van der Waals surface area contributed by atoms with Gasteiger partial charge in [-0.1, -0.05) is 18.5 Å². The molecular formula is C14H19ClN2O4. The fraction of sp³-hybridized carbons (Fsp3) is 0.500. The maximum absolute atomic E-state index is 12.3. The largest absolute Gasteiger partial charge is 0.478 e. The van der Waals surface area contributed by atoms with E-state index in [9.17, 15) is 9.59 Å². The predicted octanol–water partition coefficient (Wildman–Crippen LogP) is 2.21. The summed E-state index contributed by atoms with van der Waals surface area (Å²) in [4.78, 5) is 28.1. The molecule has 0 aliphatic carbocycles. The quantitative estimate of drug-likeness (QED) is 0.814. The van der Waals surface area contributed by atoms with Crippen LogP contribution in [0.4, 0.5) is 0 Å². The SMILES string of the molecule is CCOc1ccc(Cl)c(C(=O)N[C@@](C)(CC)C(=O)OC)n1. The topological polar surface area (TPSA) is 77.5 Å². The lowest BCUT2D eigenvalue weighted by atomic mass is 9.99. The first-order chi connectivity index (χ1) is 9.87. The number of nitrogens with one attached hydrogen (secondary N) is 1. The van der Waals surface area contributed by atoms with E-state index in [0.29, 0.717) is 18.9 Å². The standard InChI is InChI=1S/C14H19ClN2O4/c1-5-14(3,13(19)20-4)17-12(18)11-9(15)7-8-10(16-11)21-6-2/h7-8H,5-6H2,1-4H3,(H,17,18)/t14-/m0/s1. The number of hydrogen-bond donors (Lipinski definition) is 1. The van der Waals surface area contributed by atoms with Gasteiger partial charge in [0.2, 0.25) is 5.88 Å². The molecule has 0 saturated heterocycles. The Bertz CT molecular complexity index is 536. The van der Waals surface area contributed by atoms with E-state index in [-0.39, 0.29) is 10.7 Å². The number of esters is 1. The van der Waals surface area contributed by atoms with E-state index in [1.54, 1.807) is 26.8 Å². The van der Waals surface area contributed by atoms with Crippen molar-refractivity contribution in [2.45, 2.75) is 32.7 Å². The Morgan fingerprint density at radius 3 is 2.57 bits per heavy atom. The number of carbonyl (C=O) groups is 2. The highest BCUT2D eigenvalue weighted by Gasteiger charge is 2.35. The van der Waals surface area contributed by atoms with E-state index in [1.165, 1.54) is 13.2 Å². The number of aromatic nitrogens is 1. The van der Waals surface area contributed by atoms with Gasteiger partial charge in [-0.2, -0.15) is 0 Å². The Kier molecular flexibility index (Phi) is 5.96. The molecule has 0 aliphatic heterocycles. The van der Waals surface area contributed by atoms with Gasteiger partial charge in [-0.15, -0.1) is 0 Å². The molecule has 0 aliphatic rings. The smallest absolute Gasteiger partial charge is 0.331 e. The van der Waals surface area contributed by atoms with Crippen molar-refractivity contribution in [3.63, 3.8) is 0 Å². The molecule has 0 fully saturated rings. The van der Waals surface area contributed by atoms with Crippen molar-refractivity contribution in [3.8, 4) is 5.88 Å². The maximum Gasteiger partial charge on any atom is 0.331 e. The average molecular weight is 315 g/mol. The Hall–Kier alpha value is -1.82. The van der Waals surface area contributed by atoms with E-state index in [2.05, 4.69) is 10.3 Å². The zero-order valence-corrected chi connectivity index (χ0v) is 13.3. The number of amides is 1. The van der Waals surface area contributed by atoms with Crippen LogP contribution in [0.2, 0.25) is 5.02 Å². The Labute approximate surface area is 128 Å². The summed E-state index contributed by atoms with van der Waals surface area (Å²) in [7, 11) is 1.27. The van der Waals surface area contributed by atoms with Crippen molar-refractivity contribution < 1.29 is 19.1 Å². The molecule has 1 rings (SSSR count). The minimum absolute atomic E-state index is 0.00574. The van der Waals surface area contributed by atoms with Gasteiger partial charge in [-0.25, -0.2) is 9.78 Å². The molecule has 1 heterocycles. The van der Waals surface area contributed by atoms with Crippen molar-refractivity contribution >= 4 is 23.5 Å². The number of ether oxygens (including phenoxy) is 2. The fourth-order valence-electron chi connectivity index (χ4n) is 1.63. The molecule has 1 N–H and O–H groups in total. The number of pyridine rings is 1. The summed E-state index contributed by atoms with van der Waals surface area (Å²) in [6, 6.07) is 3.10. The van der Waals surface area contributed by atoms with E-state index in [1.807, 2.05) is 0 Å². The Morgan fingerprint density at radius 1 is 1.38 bits per heavy atom. The van der Waals surface area contributed by atoms with Gasteiger partial charge in [0, 0.05) is 6.07 Å². The van der Waals surface area contributed by atoms with Crippen LogP contribution >= 0.6 is 11.6 Å². The summed E-state index contributed by atoms with van der Waals surface area (Å²) in [6.07, 6.45) is 0.369. The lowest BCUT2D eigenvalue weighted by molar-refractivity contribution is -0.147. The van der Waals surface area contributed by atoms with Gasteiger partial charge in [0.05, 0.1) is 18.7 Å². The number of hydrogen-bond acceptors (Lipinski definition) is 5. The minimum atomic E-state index is -1.14. The van der Waals surface area contributed by atoms with Crippen LogP contribution in [0.3, 0.4) is 0 Å². The fourth-order valence-corrected chi connectivity index (χ4v) is 1.82. The van der Waals surface area contributed by atoms with Crippen LogP contribution in [0.25, 0.3) is 0 Å². The molecule has 0 radical (unpaired) electrons. The van der Waals surface area contributed by atoms with Crippen molar-refractivity contribution in [1.29, 1.82) is 0 Å². The summed E-state index contributed by atoms with van der Waals surface area (Å²) in [5.41, 5.74) is -1.13. The molecule has 0 bridgehead atoms. The van der Waals surface area contributed by atoms with E-state index in [4.69, 9.17) is 21.1 Å². The van der Waals surface area contributed by atoms with Gasteiger partial charge < -0.3 is 14.8 Å². The van der Waals surface area contributed by atoms with E-state index < -0.39 is 17.4 Å². The third kappa shape index (κ3) is 4.07. The third-order valence-corrected chi connectivity index (χ3v) is 3.37. The average Bonchev–Trinajstić information content (AvgIpc) is 2.48. The molecule has 0 saturated carbocycles. The summed E-state index contributed by atoms with van der Waals surface area (Å²) in [6.45, 7) is 5.58. The maximum atomic E-state index is 12.3. The van der Waals surface area contributed by atoms with Crippen LogP contribution in [0.15, 0.2) is 12.1 Å². The third-order valence-electron chi connectivity index (χ3n) is 3.06. The predicted molar refractivity (Wildman–Crippen MR) is 78.6 cm³/mol. The summed E-state index contributed by atoms with van der Waals surface area (Å²) >= 11 is 5.98. The normalized spacial score (nSPS) is 13.2. The zero-order chi connectivity index (χ0) is 16.0. The van der Waals surface area contributed by atoms with Gasteiger partial charge in [0.15, 0.2) is 5.69 Å². The van der Waals surface area contributed by atoms with E-state index in [0.717, 1.165) is 0 Å². The van der Waals surface area contributed by atoms with Crippen LogP contribution in [0.1, 0.15) is 37.7 Å². The first kappa shape index (κ1) is 17.2. The molecule has 1 amide bonds. The highest BCUT2D eigenvalue weighted by Crippen LogP contribution is 2.20. The first-order valence-electron chi connectivity index (χ1n) is 6.58. The molecule has 0 unspecified atom stereocenters. The van der Waals surface area contributed by atoms with Crippen LogP contribution in [-0.4, -0.2) is 36.1 Å². The second-order valence-corrected chi connectivity index (χ2v) is 4.95. The highest BCUT2D eigenvalue weighted by atomic mass is 35.5. The summed E-state index contributed by atoms with van der Waals surface area (Å²) in [5, 5.41) is 2.78. The van der Waals surface area contributed by atoms with Gasteiger partial charge in [0.25, 0.3) is 5.91 Å². The zero-order valence-electron chi connectivity index (χ0n) is 12.5. The Morgan fingerprint density at radius 2 is 2.05 bits per heavy atom. The number of halogens is 1. The lowest BCUT2D eigenvalue weighted by Gasteiger charge is -2.26. The second-order valence-electron chi connectivity index (χ2n) is 4.54. The molecule has 6 nitrogen and oxygen atoms in total. The van der Waals surface area contributed by atoms with Crippen LogP contribution in [0.5, 0.6) is 5.88 Å². The molecule has 116 valence electrons. The second kappa shape index (κ2) is 7.26. The van der Waals surface area contributed by atoms with E-state index >= 15 is 0 Å². The highest BCUT2D eigenvalue weighted by molar-refractivity contribution is 6.33. The number of nitrogens with zero attached hydrogens (tertiary/aromatic N) is 1. The number of carbonyl (C=O) groups excluding carboxylic acids is 2. The molecule has 0 spiro atoms. The molecule has 21 heavy (non-hydrogen) atoms. The summed E-state index contributed by atoms with van der Waals surface area (Å²) in [5.74, 6) is -0.796. The minimum Gasteiger partial charge on any atom is -0.478 e. The first-order valence-corrected chi connectivity index (χ1v) is 6.96. The van der Waals surface area contributed by atoms with Gasteiger partial charge in [0.1, 0.15) is 5.54 Å². The van der Waals surface area contributed by atoms with Gasteiger partial charge in [-0.3, -0.25) is 4.79 Å². The molecule has 0 aromatic carbocycles. The molecule has 1 aromatic heterocycles. The van der Waals surface area contributed by atoms with Gasteiger partial charge in [-0.05, 0) is 26.3 Å². The molecule has 7 heteroatoms. The number of rotatable bonds is 6. The Balaban J connectivity index is 3.03.